The summed E-state index contributed by atoms with van der Waals surface area (Å²) in [4.78, 5) is 17.0. The molecule has 1 unspecified atom stereocenters. The van der Waals surface area contributed by atoms with Crippen molar-refractivity contribution in [3.8, 4) is 5.75 Å². The van der Waals surface area contributed by atoms with Gasteiger partial charge in [-0.15, -0.1) is 0 Å². The Morgan fingerprint density at radius 3 is 2.52 bits per heavy atom. The topological polar surface area (TPSA) is 79.0 Å². The van der Waals surface area contributed by atoms with Crippen molar-refractivity contribution >= 4 is 21.6 Å². The fourth-order valence-corrected chi connectivity index (χ4v) is 5.11. The summed E-state index contributed by atoms with van der Waals surface area (Å²) in [5.74, 6) is 1.20. The number of anilines is 1. The van der Waals surface area contributed by atoms with Crippen LogP contribution >= 0.6 is 0 Å². The molecule has 3 saturated heterocycles. The Hall–Kier alpha value is -1.96. The van der Waals surface area contributed by atoms with Crippen molar-refractivity contribution in [1.82, 2.24) is 10.2 Å². The van der Waals surface area contributed by atoms with Gasteiger partial charge >= 0.3 is 6.03 Å². The van der Waals surface area contributed by atoms with Crippen molar-refractivity contribution in [2.75, 3.05) is 49.7 Å². The lowest BCUT2D eigenvalue weighted by atomic mass is 9.73. The number of hydrogen-bond acceptors (Lipinski definition) is 5. The van der Waals surface area contributed by atoms with Crippen molar-refractivity contribution in [2.45, 2.75) is 33.2 Å². The molecule has 0 saturated carbocycles. The van der Waals surface area contributed by atoms with Crippen molar-refractivity contribution in [3.05, 3.63) is 24.3 Å². The zero-order valence-electron chi connectivity index (χ0n) is 17.8. The molecule has 2 amide bonds. The number of urea groups is 1. The van der Waals surface area contributed by atoms with E-state index < -0.39 is 9.84 Å². The van der Waals surface area contributed by atoms with Gasteiger partial charge in [-0.2, -0.15) is 0 Å². The molecule has 1 N–H and O–H groups in total. The Kier molecular flexibility index (Phi) is 6.31. The molecule has 0 spiro atoms. The van der Waals surface area contributed by atoms with Gasteiger partial charge in [0, 0.05) is 38.1 Å². The maximum absolute atomic E-state index is 12.7. The molecule has 3 aliphatic rings. The predicted molar refractivity (Wildman–Crippen MR) is 115 cm³/mol. The van der Waals surface area contributed by atoms with Crippen molar-refractivity contribution in [2.24, 2.45) is 11.3 Å². The van der Waals surface area contributed by atoms with Gasteiger partial charge in [-0.05, 0) is 48.9 Å². The number of sulfone groups is 1. The summed E-state index contributed by atoms with van der Waals surface area (Å²) < 4.78 is 28.2. The van der Waals surface area contributed by atoms with Gasteiger partial charge in [-0.3, -0.25) is 0 Å². The second-order valence-corrected chi connectivity index (χ2v) is 11.2. The number of fused-ring (bicyclic) bond motifs is 4. The van der Waals surface area contributed by atoms with E-state index in [2.05, 4.69) is 36.2 Å². The first-order chi connectivity index (χ1) is 13.6. The van der Waals surface area contributed by atoms with Gasteiger partial charge < -0.3 is 19.9 Å². The predicted octanol–water partition coefficient (Wildman–Crippen LogP) is 2.38. The molecule has 1 aromatic carbocycles. The van der Waals surface area contributed by atoms with Gasteiger partial charge in [0.2, 0.25) is 0 Å². The number of nitrogens with zero attached hydrogens (tertiary/aromatic N) is 2. The minimum absolute atomic E-state index is 0.0385. The Bertz CT molecular complexity index is 823. The van der Waals surface area contributed by atoms with E-state index in [1.165, 1.54) is 6.26 Å². The summed E-state index contributed by atoms with van der Waals surface area (Å²) in [6.45, 7) is 9.54. The number of carbonyl (C=O) groups is 1. The summed E-state index contributed by atoms with van der Waals surface area (Å²) in [7, 11) is -3.09. The first-order valence-corrected chi connectivity index (χ1v) is 12.3. The molecule has 7 nitrogen and oxygen atoms in total. The van der Waals surface area contributed by atoms with E-state index in [1.54, 1.807) is 0 Å². The van der Waals surface area contributed by atoms with Crippen LogP contribution in [0.2, 0.25) is 0 Å². The molecule has 3 aliphatic heterocycles. The standard InChI is InChI=1S/C21H33N3O4S/c1-5-28-18-8-6-17(7-9-18)24-14-16-12-21(2,3)19(24)15-23(13-16)20(25)22-10-11-29(4,26)27/h6-9,16,19H,5,10-15H2,1-4H3,(H,22,25)/t16?,19-/m1/s1. The molecule has 4 rings (SSSR count). The number of benzene rings is 1. The molecule has 29 heavy (non-hydrogen) atoms. The Morgan fingerprint density at radius 1 is 1.21 bits per heavy atom. The number of amides is 2. The van der Waals surface area contributed by atoms with Crippen LogP contribution < -0.4 is 15.0 Å². The number of rotatable bonds is 6. The van der Waals surface area contributed by atoms with Gasteiger partial charge in [-0.1, -0.05) is 13.8 Å². The molecule has 2 bridgehead atoms. The molecule has 0 radical (unpaired) electrons. The molecule has 0 aliphatic carbocycles. The number of hydrogen-bond donors (Lipinski definition) is 1. The van der Waals surface area contributed by atoms with Crippen LogP contribution in [0.15, 0.2) is 24.3 Å². The largest absolute Gasteiger partial charge is 0.494 e. The first-order valence-electron chi connectivity index (χ1n) is 10.3. The van der Waals surface area contributed by atoms with Crippen molar-refractivity contribution < 1.29 is 17.9 Å². The quantitative estimate of drug-likeness (QED) is 0.760. The summed E-state index contributed by atoms with van der Waals surface area (Å²) in [6.07, 6.45) is 2.25. The monoisotopic (exact) mass is 423 g/mol. The summed E-state index contributed by atoms with van der Waals surface area (Å²) >= 11 is 0. The summed E-state index contributed by atoms with van der Waals surface area (Å²) in [5.41, 5.74) is 1.22. The highest BCUT2D eigenvalue weighted by Gasteiger charge is 2.46. The van der Waals surface area contributed by atoms with Gasteiger partial charge in [-0.25, -0.2) is 13.2 Å². The zero-order valence-corrected chi connectivity index (χ0v) is 18.7. The molecule has 2 atom stereocenters. The number of ether oxygens (including phenoxy) is 1. The minimum Gasteiger partial charge on any atom is -0.494 e. The van der Waals surface area contributed by atoms with E-state index in [-0.39, 0.29) is 29.8 Å². The normalized spacial score (nSPS) is 23.6. The third-order valence-corrected chi connectivity index (χ3v) is 6.88. The SMILES string of the molecule is CCOc1ccc(N2CC3CN(C(=O)NCCS(C)(=O)=O)C[C@@H]2C(C)(C)C3)cc1. The van der Waals surface area contributed by atoms with Crippen LogP contribution in [0.25, 0.3) is 0 Å². The second-order valence-electron chi connectivity index (χ2n) is 8.92. The van der Waals surface area contributed by atoms with E-state index >= 15 is 0 Å². The maximum Gasteiger partial charge on any atom is 0.317 e. The number of carbonyl (C=O) groups excluding carboxylic acids is 1. The Balaban J connectivity index is 1.74. The average Bonchev–Trinajstić information content (AvgIpc) is 2.88. The summed E-state index contributed by atoms with van der Waals surface area (Å²) in [5, 5.41) is 2.78. The zero-order chi connectivity index (χ0) is 21.2. The molecule has 3 fully saturated rings. The van der Waals surface area contributed by atoms with Gasteiger partial charge in [0.1, 0.15) is 15.6 Å². The third kappa shape index (κ3) is 5.35. The highest BCUT2D eigenvalue weighted by Crippen LogP contribution is 2.43. The average molecular weight is 424 g/mol. The van der Waals surface area contributed by atoms with E-state index in [4.69, 9.17) is 4.74 Å². The van der Waals surface area contributed by atoms with E-state index in [9.17, 15) is 13.2 Å². The molecule has 0 aromatic heterocycles. The number of nitrogens with one attached hydrogen (secondary N) is 1. The summed E-state index contributed by atoms with van der Waals surface area (Å²) in [6, 6.07) is 8.21. The van der Waals surface area contributed by atoms with Crippen molar-refractivity contribution in [1.29, 1.82) is 0 Å². The van der Waals surface area contributed by atoms with E-state index in [0.717, 1.165) is 24.4 Å². The lowest BCUT2D eigenvalue weighted by Crippen LogP contribution is -2.54. The van der Waals surface area contributed by atoms with Crippen LogP contribution in [0.3, 0.4) is 0 Å². The first kappa shape index (κ1) is 21.7. The van der Waals surface area contributed by atoms with E-state index in [0.29, 0.717) is 25.6 Å². The lowest BCUT2D eigenvalue weighted by molar-refractivity contribution is 0.187. The number of piperidine rings is 1. The molecule has 8 heteroatoms. The third-order valence-electron chi connectivity index (χ3n) is 5.94. The van der Waals surface area contributed by atoms with Gasteiger partial charge in [0.15, 0.2) is 0 Å². The minimum atomic E-state index is -3.09. The van der Waals surface area contributed by atoms with Crippen LogP contribution in [0.1, 0.15) is 27.2 Å². The highest BCUT2D eigenvalue weighted by atomic mass is 32.2. The molecule has 3 heterocycles. The maximum atomic E-state index is 12.7. The Labute approximate surface area is 174 Å². The Morgan fingerprint density at radius 2 is 1.90 bits per heavy atom. The smallest absolute Gasteiger partial charge is 0.317 e. The van der Waals surface area contributed by atoms with Crippen LogP contribution in [0.4, 0.5) is 10.5 Å². The second kappa shape index (κ2) is 8.42. The molecular formula is C21H33N3O4S. The van der Waals surface area contributed by atoms with Crippen LogP contribution in [-0.4, -0.2) is 70.2 Å². The van der Waals surface area contributed by atoms with Crippen molar-refractivity contribution in [3.63, 3.8) is 0 Å². The van der Waals surface area contributed by atoms with Gasteiger partial charge in [0.25, 0.3) is 0 Å². The fourth-order valence-electron chi connectivity index (χ4n) is 4.64. The lowest BCUT2D eigenvalue weighted by Gasteiger charge is -2.48. The molecule has 162 valence electrons. The molecule has 1 aromatic rings. The fraction of sp³-hybridized carbons (Fsp3) is 0.667. The highest BCUT2D eigenvalue weighted by molar-refractivity contribution is 7.90. The van der Waals surface area contributed by atoms with E-state index in [1.807, 2.05) is 24.0 Å². The van der Waals surface area contributed by atoms with Gasteiger partial charge in [0.05, 0.1) is 18.4 Å². The molecular weight excluding hydrogens is 390 g/mol. The van der Waals surface area contributed by atoms with Crippen LogP contribution in [0.5, 0.6) is 5.75 Å². The van der Waals surface area contributed by atoms with Crippen LogP contribution in [-0.2, 0) is 9.84 Å². The van der Waals surface area contributed by atoms with Crippen LogP contribution in [0, 0.1) is 11.3 Å².